The van der Waals surface area contributed by atoms with Gasteiger partial charge in [0.15, 0.2) is 5.89 Å². The molecule has 0 aliphatic rings. The number of halogens is 4. The van der Waals surface area contributed by atoms with Gasteiger partial charge in [-0.25, -0.2) is 9.37 Å². The smallest absolute Gasteiger partial charge is 0.436 e. The number of amides is 1. The molecule has 1 aromatic carbocycles. The molecule has 0 aliphatic carbocycles. The molecule has 33 heavy (non-hydrogen) atoms. The number of alkyl halides is 3. The Labute approximate surface area is 189 Å². The summed E-state index contributed by atoms with van der Waals surface area (Å²) in [6, 6.07) is 2.91. The lowest BCUT2D eigenvalue weighted by Crippen LogP contribution is -2.56. The number of anilines is 1. The van der Waals surface area contributed by atoms with Crippen LogP contribution in [0.4, 0.5) is 23.2 Å². The molecule has 0 spiro atoms. The molecule has 182 valence electrons. The van der Waals surface area contributed by atoms with E-state index in [2.05, 4.69) is 16.9 Å². The highest BCUT2D eigenvalue weighted by Gasteiger charge is 2.48. The summed E-state index contributed by atoms with van der Waals surface area (Å²) in [7, 11) is 1.43. The first kappa shape index (κ1) is 26.2. The van der Waals surface area contributed by atoms with E-state index >= 15 is 0 Å². The molecule has 0 saturated heterocycles. The maximum Gasteiger partial charge on any atom is 0.451 e. The normalized spacial score (nSPS) is 15.0. The fraction of sp³-hybridized carbons (Fsp3) is 0.455. The highest BCUT2D eigenvalue weighted by atomic mass is 19.4. The molecule has 2 atom stereocenters. The molecule has 2 aromatic rings. The predicted octanol–water partition coefficient (Wildman–Crippen LogP) is 4.40. The molecular formula is C22H29F4N5O2. The van der Waals surface area contributed by atoms with Crippen LogP contribution in [0, 0.1) is 18.2 Å². The standard InChI is InChI=1S/C22H29F4N5O2/c1-11(17-18(22(24,25)26)33-13(3)30-17)29-14-8-9-16(23)15(10-14)21(6,28)20(4,5)19(32)31(7)12(2)27/h8-11,29H,2,27-28H2,1,3-7H3/t11?,21-/m1/s1. The Bertz CT molecular complexity index is 1060. The number of nitrogens with two attached hydrogens (primary N) is 2. The summed E-state index contributed by atoms with van der Waals surface area (Å²) in [6.45, 7) is 10.9. The zero-order chi connectivity index (χ0) is 25.5. The van der Waals surface area contributed by atoms with E-state index in [1.54, 1.807) is 13.8 Å². The molecule has 0 aliphatic heterocycles. The van der Waals surface area contributed by atoms with Crippen LogP contribution in [0.2, 0.25) is 0 Å². The van der Waals surface area contributed by atoms with Gasteiger partial charge in [0.25, 0.3) is 0 Å². The summed E-state index contributed by atoms with van der Waals surface area (Å²) in [6.07, 6.45) is -4.72. The fourth-order valence-electron chi connectivity index (χ4n) is 3.38. The number of carbonyl (C=O) groups excluding carboxylic acids is 1. The molecule has 1 unspecified atom stereocenters. The third-order valence-corrected chi connectivity index (χ3v) is 5.91. The van der Waals surface area contributed by atoms with Gasteiger partial charge < -0.3 is 26.1 Å². The number of aromatic nitrogens is 1. The topological polar surface area (TPSA) is 110 Å². The summed E-state index contributed by atoms with van der Waals surface area (Å²) < 4.78 is 59.4. The number of carbonyl (C=O) groups is 1. The summed E-state index contributed by atoms with van der Waals surface area (Å²) in [5, 5.41) is 2.87. The fourth-order valence-corrected chi connectivity index (χ4v) is 3.38. The van der Waals surface area contributed by atoms with Gasteiger partial charge in [-0.2, -0.15) is 13.2 Å². The van der Waals surface area contributed by atoms with Gasteiger partial charge in [-0.3, -0.25) is 4.79 Å². The van der Waals surface area contributed by atoms with E-state index in [1.807, 2.05) is 0 Å². The van der Waals surface area contributed by atoms with Crippen LogP contribution >= 0.6 is 0 Å². The van der Waals surface area contributed by atoms with Crippen molar-refractivity contribution in [3.8, 4) is 0 Å². The third-order valence-electron chi connectivity index (χ3n) is 5.91. The number of rotatable bonds is 7. The molecule has 1 heterocycles. The van der Waals surface area contributed by atoms with Crippen molar-refractivity contribution in [2.24, 2.45) is 16.9 Å². The van der Waals surface area contributed by atoms with Gasteiger partial charge in [-0.15, -0.1) is 0 Å². The Morgan fingerprint density at radius 1 is 1.27 bits per heavy atom. The van der Waals surface area contributed by atoms with Crippen LogP contribution in [-0.2, 0) is 16.5 Å². The lowest BCUT2D eigenvalue weighted by molar-refractivity contribution is -0.154. The first-order valence-electron chi connectivity index (χ1n) is 10.0. The van der Waals surface area contributed by atoms with Crippen molar-refractivity contribution in [2.75, 3.05) is 12.4 Å². The second kappa shape index (κ2) is 8.69. The van der Waals surface area contributed by atoms with Crippen molar-refractivity contribution in [1.82, 2.24) is 9.88 Å². The van der Waals surface area contributed by atoms with Crippen LogP contribution in [0.15, 0.2) is 35.0 Å². The van der Waals surface area contributed by atoms with Crippen molar-refractivity contribution >= 4 is 11.6 Å². The zero-order valence-corrected chi connectivity index (χ0v) is 19.4. The second-order valence-electron chi connectivity index (χ2n) is 8.69. The van der Waals surface area contributed by atoms with Gasteiger partial charge in [-0.1, -0.05) is 6.58 Å². The molecule has 0 bridgehead atoms. The summed E-state index contributed by atoms with van der Waals surface area (Å²) in [5.74, 6) is -2.51. The molecule has 0 saturated carbocycles. The third kappa shape index (κ3) is 4.97. The molecule has 7 nitrogen and oxygen atoms in total. The van der Waals surface area contributed by atoms with Crippen LogP contribution in [-0.4, -0.2) is 22.8 Å². The van der Waals surface area contributed by atoms with E-state index in [0.717, 1.165) is 11.0 Å². The van der Waals surface area contributed by atoms with Gasteiger partial charge in [0.1, 0.15) is 11.5 Å². The molecule has 2 rings (SSSR count). The van der Waals surface area contributed by atoms with E-state index < -0.39 is 40.7 Å². The Balaban J connectivity index is 2.44. The van der Waals surface area contributed by atoms with Crippen molar-refractivity contribution in [2.45, 2.75) is 52.4 Å². The average molecular weight is 471 g/mol. The second-order valence-corrected chi connectivity index (χ2v) is 8.69. The lowest BCUT2D eigenvalue weighted by atomic mass is 9.68. The maximum atomic E-state index is 14.9. The Morgan fingerprint density at radius 2 is 1.85 bits per heavy atom. The minimum absolute atomic E-state index is 0.00281. The van der Waals surface area contributed by atoms with Gasteiger partial charge in [0, 0.05) is 25.2 Å². The predicted molar refractivity (Wildman–Crippen MR) is 116 cm³/mol. The van der Waals surface area contributed by atoms with Crippen LogP contribution in [0.3, 0.4) is 0 Å². The summed E-state index contributed by atoms with van der Waals surface area (Å²) in [5.41, 5.74) is 9.18. The van der Waals surface area contributed by atoms with Crippen LogP contribution in [0.1, 0.15) is 56.6 Å². The largest absolute Gasteiger partial charge is 0.451 e. The van der Waals surface area contributed by atoms with Crippen molar-refractivity contribution in [1.29, 1.82) is 0 Å². The first-order valence-corrected chi connectivity index (χ1v) is 10.0. The van der Waals surface area contributed by atoms with Gasteiger partial charge in [0.05, 0.1) is 22.8 Å². The van der Waals surface area contributed by atoms with E-state index in [9.17, 15) is 22.4 Å². The highest BCUT2D eigenvalue weighted by Crippen LogP contribution is 2.41. The minimum atomic E-state index is -4.72. The Hall–Kier alpha value is -3.08. The Morgan fingerprint density at radius 3 is 2.36 bits per heavy atom. The van der Waals surface area contributed by atoms with Crippen LogP contribution in [0.5, 0.6) is 0 Å². The van der Waals surface area contributed by atoms with Gasteiger partial charge in [0.2, 0.25) is 11.7 Å². The molecule has 0 fully saturated rings. The molecule has 1 amide bonds. The summed E-state index contributed by atoms with van der Waals surface area (Å²) in [4.78, 5) is 17.9. The van der Waals surface area contributed by atoms with Crippen LogP contribution in [0.25, 0.3) is 0 Å². The molecule has 11 heteroatoms. The molecular weight excluding hydrogens is 442 g/mol. The van der Waals surface area contributed by atoms with E-state index in [1.165, 1.54) is 40.0 Å². The number of hydrogen-bond acceptors (Lipinski definition) is 6. The number of nitrogens with one attached hydrogen (secondary N) is 1. The van der Waals surface area contributed by atoms with Crippen molar-refractivity contribution < 1.29 is 26.8 Å². The highest BCUT2D eigenvalue weighted by molar-refractivity contribution is 5.85. The number of oxazole rings is 1. The SMILES string of the molecule is C=C(N)N(C)C(=O)C(C)(C)[C@](C)(N)c1cc(NC(C)c2nc(C)oc2C(F)(F)F)ccc1F. The number of aryl methyl sites for hydroxylation is 1. The van der Waals surface area contributed by atoms with E-state index in [4.69, 9.17) is 15.9 Å². The maximum absolute atomic E-state index is 14.9. The van der Waals surface area contributed by atoms with Crippen LogP contribution < -0.4 is 16.8 Å². The molecule has 1 aromatic heterocycles. The number of nitrogens with zero attached hydrogens (tertiary/aromatic N) is 2. The average Bonchev–Trinajstić information content (AvgIpc) is 3.10. The van der Waals surface area contributed by atoms with E-state index in [0.29, 0.717) is 0 Å². The summed E-state index contributed by atoms with van der Waals surface area (Å²) >= 11 is 0. The quantitative estimate of drug-likeness (QED) is 0.516. The molecule has 5 N–H and O–H groups in total. The Kier molecular flexibility index (Phi) is 6.90. The number of benzene rings is 1. The number of hydrogen-bond donors (Lipinski definition) is 3. The van der Waals surface area contributed by atoms with E-state index in [-0.39, 0.29) is 28.7 Å². The first-order chi connectivity index (χ1) is 14.9. The minimum Gasteiger partial charge on any atom is -0.436 e. The van der Waals surface area contributed by atoms with Gasteiger partial charge in [-0.05, 0) is 45.9 Å². The zero-order valence-electron chi connectivity index (χ0n) is 19.4. The monoisotopic (exact) mass is 471 g/mol. The van der Waals surface area contributed by atoms with Crippen molar-refractivity contribution in [3.63, 3.8) is 0 Å². The lowest BCUT2D eigenvalue weighted by Gasteiger charge is -2.42. The van der Waals surface area contributed by atoms with Gasteiger partial charge >= 0.3 is 6.18 Å². The van der Waals surface area contributed by atoms with Crippen molar-refractivity contribution in [3.05, 3.63) is 59.3 Å². The molecule has 0 radical (unpaired) electrons.